The van der Waals surface area contributed by atoms with Gasteiger partial charge in [-0.1, -0.05) is 0 Å². The van der Waals surface area contributed by atoms with Gasteiger partial charge in [-0.05, 0) is 33.9 Å². The van der Waals surface area contributed by atoms with E-state index in [0.717, 1.165) is 19.4 Å². The van der Waals surface area contributed by atoms with Gasteiger partial charge in [0.05, 0.1) is 12.2 Å². The first-order chi connectivity index (χ1) is 7.50. The fourth-order valence-corrected chi connectivity index (χ4v) is 1.90. The zero-order valence-electron chi connectivity index (χ0n) is 10.3. The molecule has 3 unspecified atom stereocenters. The second-order valence-corrected chi connectivity index (χ2v) is 4.64. The molecule has 0 spiro atoms. The average Bonchev–Trinajstić information content (AvgIpc) is 2.58. The van der Waals surface area contributed by atoms with Crippen LogP contribution in [0.3, 0.4) is 0 Å². The highest BCUT2D eigenvalue weighted by Gasteiger charge is 2.33. The van der Waals surface area contributed by atoms with E-state index in [2.05, 4.69) is 5.32 Å². The predicted molar refractivity (Wildman–Crippen MR) is 61.5 cm³/mol. The average molecular weight is 230 g/mol. The molecular weight excluding hydrogens is 208 g/mol. The van der Waals surface area contributed by atoms with Gasteiger partial charge in [0.15, 0.2) is 0 Å². The van der Waals surface area contributed by atoms with Crippen molar-refractivity contribution in [3.8, 4) is 0 Å². The largest absolute Gasteiger partial charge is 0.480 e. The van der Waals surface area contributed by atoms with E-state index in [-0.39, 0.29) is 12.2 Å². The molecule has 16 heavy (non-hydrogen) atoms. The van der Waals surface area contributed by atoms with Crippen LogP contribution in [0.4, 0.5) is 0 Å². The number of nitrogens with zero attached hydrogens (tertiary/aromatic N) is 1. The molecule has 5 heteroatoms. The van der Waals surface area contributed by atoms with Crippen LogP contribution >= 0.6 is 0 Å². The predicted octanol–water partition coefficient (Wildman–Crippen LogP) is 0.158. The summed E-state index contributed by atoms with van der Waals surface area (Å²) in [5.74, 6) is -0.821. The quantitative estimate of drug-likeness (QED) is 0.680. The zero-order chi connectivity index (χ0) is 12.1. The summed E-state index contributed by atoms with van der Waals surface area (Å²) in [4.78, 5) is 13.1. The van der Waals surface area contributed by atoms with Crippen molar-refractivity contribution in [2.45, 2.75) is 38.0 Å². The molecule has 1 fully saturated rings. The van der Waals surface area contributed by atoms with E-state index >= 15 is 0 Å². The number of nitrogens with one attached hydrogen (secondary N) is 1. The van der Waals surface area contributed by atoms with Crippen LogP contribution in [0.5, 0.6) is 0 Å². The van der Waals surface area contributed by atoms with Crippen LogP contribution in [0.2, 0.25) is 0 Å². The minimum atomic E-state index is -0.821. The number of ether oxygens (including phenoxy) is 1. The molecule has 5 nitrogen and oxygen atoms in total. The van der Waals surface area contributed by atoms with Crippen molar-refractivity contribution < 1.29 is 14.6 Å². The third-order valence-electron chi connectivity index (χ3n) is 2.83. The SMILES string of the molecule is CC1CCC(C(NCCN(C)C)C(=O)O)O1. The van der Waals surface area contributed by atoms with E-state index in [1.807, 2.05) is 25.9 Å². The van der Waals surface area contributed by atoms with Crippen LogP contribution in [-0.4, -0.2) is 61.4 Å². The molecule has 2 N–H and O–H groups in total. The second kappa shape index (κ2) is 6.18. The van der Waals surface area contributed by atoms with Crippen LogP contribution in [0.15, 0.2) is 0 Å². The lowest BCUT2D eigenvalue weighted by Crippen LogP contribution is -2.48. The molecule has 0 radical (unpaired) electrons. The Kier molecular flexibility index (Phi) is 5.18. The molecule has 1 heterocycles. The third-order valence-corrected chi connectivity index (χ3v) is 2.83. The highest BCUT2D eigenvalue weighted by molar-refractivity contribution is 5.74. The van der Waals surface area contributed by atoms with E-state index < -0.39 is 12.0 Å². The molecule has 0 aromatic carbocycles. The first kappa shape index (κ1) is 13.4. The van der Waals surface area contributed by atoms with Gasteiger partial charge >= 0.3 is 5.97 Å². The van der Waals surface area contributed by atoms with E-state index in [9.17, 15) is 4.79 Å². The molecule has 1 aliphatic heterocycles. The Bertz CT molecular complexity index is 233. The first-order valence-electron chi connectivity index (χ1n) is 5.77. The van der Waals surface area contributed by atoms with Crippen molar-refractivity contribution in [1.82, 2.24) is 10.2 Å². The molecule has 0 saturated carbocycles. The summed E-state index contributed by atoms with van der Waals surface area (Å²) in [7, 11) is 3.93. The fourth-order valence-electron chi connectivity index (χ4n) is 1.90. The maximum atomic E-state index is 11.1. The van der Waals surface area contributed by atoms with Gasteiger partial charge in [0.25, 0.3) is 0 Å². The number of carboxylic acid groups (broad SMARTS) is 1. The third kappa shape index (κ3) is 4.08. The van der Waals surface area contributed by atoms with Crippen molar-refractivity contribution in [3.05, 3.63) is 0 Å². The van der Waals surface area contributed by atoms with Crippen LogP contribution in [0, 0.1) is 0 Å². The van der Waals surface area contributed by atoms with Gasteiger partial charge in [-0.15, -0.1) is 0 Å². The molecule has 0 aromatic rings. The maximum Gasteiger partial charge on any atom is 0.323 e. The van der Waals surface area contributed by atoms with Crippen LogP contribution < -0.4 is 5.32 Å². The standard InChI is InChI=1S/C11H22N2O3/c1-8-4-5-9(16-8)10(11(14)15)12-6-7-13(2)3/h8-10,12H,4-7H2,1-3H3,(H,14,15). The van der Waals surface area contributed by atoms with E-state index in [1.54, 1.807) is 0 Å². The Morgan fingerprint density at radius 1 is 1.56 bits per heavy atom. The molecular formula is C11H22N2O3. The molecule has 1 rings (SSSR count). The summed E-state index contributed by atoms with van der Waals surface area (Å²) in [5, 5.41) is 12.2. The highest BCUT2D eigenvalue weighted by atomic mass is 16.5. The van der Waals surface area contributed by atoms with Crippen molar-refractivity contribution in [3.63, 3.8) is 0 Å². The molecule has 0 aliphatic carbocycles. The van der Waals surface area contributed by atoms with E-state index in [0.29, 0.717) is 6.54 Å². The molecule has 94 valence electrons. The van der Waals surface area contributed by atoms with Gasteiger partial charge in [-0.25, -0.2) is 0 Å². The Hall–Kier alpha value is -0.650. The van der Waals surface area contributed by atoms with Gasteiger partial charge in [-0.2, -0.15) is 0 Å². The van der Waals surface area contributed by atoms with Crippen LogP contribution in [0.25, 0.3) is 0 Å². The Morgan fingerprint density at radius 2 is 2.25 bits per heavy atom. The summed E-state index contributed by atoms with van der Waals surface area (Å²) < 4.78 is 5.59. The second-order valence-electron chi connectivity index (χ2n) is 4.64. The number of carbonyl (C=O) groups is 1. The Balaban J connectivity index is 2.39. The van der Waals surface area contributed by atoms with Gasteiger partial charge in [0, 0.05) is 13.1 Å². The van der Waals surface area contributed by atoms with Crippen LogP contribution in [-0.2, 0) is 9.53 Å². The highest BCUT2D eigenvalue weighted by Crippen LogP contribution is 2.21. The Morgan fingerprint density at radius 3 is 2.69 bits per heavy atom. The van der Waals surface area contributed by atoms with Crippen molar-refractivity contribution in [2.75, 3.05) is 27.2 Å². The minimum Gasteiger partial charge on any atom is -0.480 e. The van der Waals surface area contributed by atoms with E-state index in [1.165, 1.54) is 0 Å². The number of rotatable bonds is 6. The first-order valence-corrected chi connectivity index (χ1v) is 5.77. The van der Waals surface area contributed by atoms with Gasteiger partial charge in [-0.3, -0.25) is 4.79 Å². The molecule has 0 amide bonds. The number of carboxylic acids is 1. The van der Waals surface area contributed by atoms with Crippen molar-refractivity contribution in [2.24, 2.45) is 0 Å². The lowest BCUT2D eigenvalue weighted by Gasteiger charge is -2.22. The summed E-state index contributed by atoms with van der Waals surface area (Å²) in [6, 6.07) is -0.579. The normalized spacial score (nSPS) is 27.2. The summed E-state index contributed by atoms with van der Waals surface area (Å²) in [6.45, 7) is 3.48. The van der Waals surface area contributed by atoms with Crippen molar-refractivity contribution in [1.29, 1.82) is 0 Å². The smallest absolute Gasteiger partial charge is 0.323 e. The summed E-state index contributed by atoms with van der Waals surface area (Å²) >= 11 is 0. The molecule has 0 bridgehead atoms. The van der Waals surface area contributed by atoms with E-state index in [4.69, 9.17) is 9.84 Å². The molecule has 3 atom stereocenters. The number of aliphatic carboxylic acids is 1. The Labute approximate surface area is 96.8 Å². The maximum absolute atomic E-state index is 11.1. The lowest BCUT2D eigenvalue weighted by atomic mass is 10.1. The minimum absolute atomic E-state index is 0.183. The van der Waals surface area contributed by atoms with Gasteiger partial charge < -0.3 is 20.1 Å². The topological polar surface area (TPSA) is 61.8 Å². The monoisotopic (exact) mass is 230 g/mol. The summed E-state index contributed by atoms with van der Waals surface area (Å²) in [6.07, 6.45) is 1.77. The summed E-state index contributed by atoms with van der Waals surface area (Å²) in [5.41, 5.74) is 0. The fraction of sp³-hybridized carbons (Fsp3) is 0.909. The number of hydrogen-bond donors (Lipinski definition) is 2. The molecule has 1 aliphatic rings. The number of hydrogen-bond acceptors (Lipinski definition) is 4. The number of likely N-dealkylation sites (N-methyl/N-ethyl adjacent to an activating group) is 1. The molecule has 0 aromatic heterocycles. The zero-order valence-corrected chi connectivity index (χ0v) is 10.3. The lowest BCUT2D eigenvalue weighted by molar-refractivity contribution is -0.143. The van der Waals surface area contributed by atoms with Crippen LogP contribution in [0.1, 0.15) is 19.8 Å². The van der Waals surface area contributed by atoms with Gasteiger partial charge in [0.1, 0.15) is 6.04 Å². The van der Waals surface area contributed by atoms with Crippen molar-refractivity contribution >= 4 is 5.97 Å². The van der Waals surface area contributed by atoms with Gasteiger partial charge in [0.2, 0.25) is 0 Å². The molecule has 1 saturated heterocycles.